The molecule has 2 rings (SSSR count). The number of benzene rings is 2. The molecule has 2 amide bonds. The van der Waals surface area contributed by atoms with Crippen LogP contribution in [0.3, 0.4) is 0 Å². The number of hydrogen-bond acceptors (Lipinski definition) is 4. The van der Waals surface area contributed by atoms with Gasteiger partial charge in [-0.05, 0) is 48.2 Å². The fourth-order valence-electron chi connectivity index (χ4n) is 2.68. The highest BCUT2D eigenvalue weighted by Gasteiger charge is 2.13. The summed E-state index contributed by atoms with van der Waals surface area (Å²) in [5, 5.41) is 5.45. The van der Waals surface area contributed by atoms with Gasteiger partial charge in [0.2, 0.25) is 5.91 Å². The fraction of sp³-hybridized carbons (Fsp3) is 0.304. The number of amides is 2. The predicted molar refractivity (Wildman–Crippen MR) is 114 cm³/mol. The SMILES string of the molecule is CCCOc1ccc(CNC(=O)/C(=C/c2ccccc2C)NC(C)=O)cc1OC. The van der Waals surface area contributed by atoms with E-state index < -0.39 is 0 Å². The third-order valence-corrected chi connectivity index (χ3v) is 4.19. The summed E-state index contributed by atoms with van der Waals surface area (Å²) in [4.78, 5) is 24.2. The molecule has 0 aromatic heterocycles. The van der Waals surface area contributed by atoms with Crippen molar-refractivity contribution in [1.29, 1.82) is 0 Å². The van der Waals surface area contributed by atoms with E-state index in [9.17, 15) is 9.59 Å². The summed E-state index contributed by atoms with van der Waals surface area (Å²) in [7, 11) is 1.58. The molecule has 154 valence electrons. The normalized spacial score (nSPS) is 11.0. The lowest BCUT2D eigenvalue weighted by molar-refractivity contribution is -0.122. The van der Waals surface area contributed by atoms with Crippen LogP contribution in [0.15, 0.2) is 48.2 Å². The average molecular weight is 396 g/mol. The molecule has 0 aliphatic heterocycles. The maximum atomic E-state index is 12.7. The average Bonchev–Trinajstić information content (AvgIpc) is 2.71. The van der Waals surface area contributed by atoms with Crippen LogP contribution in [0.4, 0.5) is 0 Å². The number of carbonyl (C=O) groups excluding carboxylic acids is 2. The van der Waals surface area contributed by atoms with Crippen LogP contribution < -0.4 is 20.1 Å². The second-order valence-electron chi connectivity index (χ2n) is 6.61. The molecule has 2 N–H and O–H groups in total. The van der Waals surface area contributed by atoms with Gasteiger partial charge in [0, 0.05) is 13.5 Å². The smallest absolute Gasteiger partial charge is 0.268 e. The highest BCUT2D eigenvalue weighted by molar-refractivity contribution is 6.01. The monoisotopic (exact) mass is 396 g/mol. The standard InChI is InChI=1S/C23H28N2O4/c1-5-12-29-21-11-10-18(13-22(21)28-4)15-24-23(27)20(25-17(3)26)14-19-9-7-6-8-16(19)2/h6-11,13-14H,5,12,15H2,1-4H3,(H,24,27)(H,25,26)/b20-14-. The highest BCUT2D eigenvalue weighted by atomic mass is 16.5. The summed E-state index contributed by atoms with van der Waals surface area (Å²) in [6, 6.07) is 13.2. The van der Waals surface area contributed by atoms with Crippen LogP contribution in [0.25, 0.3) is 6.08 Å². The second-order valence-corrected chi connectivity index (χ2v) is 6.61. The minimum Gasteiger partial charge on any atom is -0.493 e. The number of methoxy groups -OCH3 is 1. The van der Waals surface area contributed by atoms with Gasteiger partial charge in [-0.25, -0.2) is 0 Å². The van der Waals surface area contributed by atoms with Gasteiger partial charge in [0.25, 0.3) is 5.91 Å². The van der Waals surface area contributed by atoms with Crippen molar-refractivity contribution in [2.24, 2.45) is 0 Å². The molecule has 2 aromatic rings. The zero-order valence-electron chi connectivity index (χ0n) is 17.4. The Morgan fingerprint density at radius 2 is 1.86 bits per heavy atom. The molecule has 0 spiro atoms. The minimum atomic E-state index is -0.367. The molecule has 0 heterocycles. The van der Waals surface area contributed by atoms with E-state index in [0.29, 0.717) is 18.1 Å². The Kier molecular flexibility index (Phi) is 8.27. The first-order valence-corrected chi connectivity index (χ1v) is 9.57. The van der Waals surface area contributed by atoms with Crippen LogP contribution in [0, 0.1) is 6.92 Å². The van der Waals surface area contributed by atoms with Crippen LogP contribution in [0.2, 0.25) is 0 Å². The Labute approximate surface area is 171 Å². The molecule has 2 aromatic carbocycles. The van der Waals surface area contributed by atoms with Gasteiger partial charge >= 0.3 is 0 Å². The zero-order valence-corrected chi connectivity index (χ0v) is 17.4. The Hall–Kier alpha value is -3.28. The molecule has 0 saturated carbocycles. The quantitative estimate of drug-likeness (QED) is 0.635. The van der Waals surface area contributed by atoms with E-state index in [1.54, 1.807) is 13.2 Å². The number of ether oxygens (including phenoxy) is 2. The predicted octanol–water partition coefficient (Wildman–Crippen LogP) is 3.59. The Bertz CT molecular complexity index is 890. The topological polar surface area (TPSA) is 76.7 Å². The minimum absolute atomic E-state index is 0.196. The molecule has 0 saturated heterocycles. The van der Waals surface area contributed by atoms with E-state index >= 15 is 0 Å². The molecular formula is C23H28N2O4. The zero-order chi connectivity index (χ0) is 21.2. The van der Waals surface area contributed by atoms with Crippen LogP contribution >= 0.6 is 0 Å². The van der Waals surface area contributed by atoms with Crippen LogP contribution in [-0.4, -0.2) is 25.5 Å². The molecular weight excluding hydrogens is 368 g/mol. The third-order valence-electron chi connectivity index (χ3n) is 4.19. The summed E-state index contributed by atoms with van der Waals surface area (Å²) in [6.45, 7) is 6.25. The maximum absolute atomic E-state index is 12.7. The van der Waals surface area contributed by atoms with Gasteiger partial charge in [0.15, 0.2) is 11.5 Å². The van der Waals surface area contributed by atoms with Gasteiger partial charge in [0.1, 0.15) is 5.70 Å². The van der Waals surface area contributed by atoms with Crippen molar-refractivity contribution in [2.45, 2.75) is 33.7 Å². The number of rotatable bonds is 9. The first-order valence-electron chi connectivity index (χ1n) is 9.57. The van der Waals surface area contributed by atoms with Gasteiger partial charge in [-0.2, -0.15) is 0 Å². The van der Waals surface area contributed by atoms with E-state index in [4.69, 9.17) is 9.47 Å². The van der Waals surface area contributed by atoms with Gasteiger partial charge in [-0.15, -0.1) is 0 Å². The molecule has 0 atom stereocenters. The van der Waals surface area contributed by atoms with Crippen molar-refractivity contribution in [2.75, 3.05) is 13.7 Å². The van der Waals surface area contributed by atoms with Crippen molar-refractivity contribution < 1.29 is 19.1 Å². The lowest BCUT2D eigenvalue weighted by atomic mass is 10.1. The van der Waals surface area contributed by atoms with Crippen LogP contribution in [0.1, 0.15) is 37.0 Å². The number of aryl methyl sites for hydroxylation is 1. The maximum Gasteiger partial charge on any atom is 0.268 e. The van der Waals surface area contributed by atoms with Gasteiger partial charge in [-0.1, -0.05) is 37.3 Å². The molecule has 6 nitrogen and oxygen atoms in total. The lowest BCUT2D eigenvalue weighted by Crippen LogP contribution is -2.33. The van der Waals surface area contributed by atoms with Gasteiger partial charge < -0.3 is 20.1 Å². The first kappa shape index (κ1) is 22.0. The molecule has 0 aliphatic carbocycles. The second kappa shape index (κ2) is 10.9. The van der Waals surface area contributed by atoms with Crippen molar-refractivity contribution >= 4 is 17.9 Å². The summed E-state index contributed by atoms with van der Waals surface area (Å²) < 4.78 is 11.0. The molecule has 0 unspecified atom stereocenters. The Morgan fingerprint density at radius 1 is 1.10 bits per heavy atom. The molecule has 6 heteroatoms. The lowest BCUT2D eigenvalue weighted by Gasteiger charge is -2.13. The summed E-state index contributed by atoms with van der Waals surface area (Å²) in [6.07, 6.45) is 2.58. The molecule has 0 bridgehead atoms. The third kappa shape index (κ3) is 6.68. The number of nitrogens with one attached hydrogen (secondary N) is 2. The van der Waals surface area contributed by atoms with E-state index in [-0.39, 0.29) is 24.1 Å². The molecule has 0 fully saturated rings. The van der Waals surface area contributed by atoms with E-state index in [1.807, 2.05) is 56.3 Å². The van der Waals surface area contributed by atoms with Crippen molar-refractivity contribution in [3.05, 3.63) is 64.9 Å². The largest absolute Gasteiger partial charge is 0.493 e. The van der Waals surface area contributed by atoms with Crippen molar-refractivity contribution in [3.63, 3.8) is 0 Å². The highest BCUT2D eigenvalue weighted by Crippen LogP contribution is 2.28. The van der Waals surface area contributed by atoms with E-state index in [2.05, 4.69) is 10.6 Å². The van der Waals surface area contributed by atoms with Gasteiger partial charge in [0.05, 0.1) is 13.7 Å². The molecule has 0 aliphatic rings. The summed E-state index contributed by atoms with van der Waals surface area (Å²) in [5.74, 6) is 0.610. The summed E-state index contributed by atoms with van der Waals surface area (Å²) >= 11 is 0. The summed E-state index contributed by atoms with van der Waals surface area (Å²) in [5.41, 5.74) is 2.93. The number of hydrogen-bond donors (Lipinski definition) is 2. The van der Waals surface area contributed by atoms with Crippen LogP contribution in [0.5, 0.6) is 11.5 Å². The first-order chi connectivity index (χ1) is 13.9. The number of carbonyl (C=O) groups is 2. The Balaban J connectivity index is 2.13. The molecule has 0 radical (unpaired) electrons. The van der Waals surface area contributed by atoms with E-state index in [1.165, 1.54) is 6.92 Å². The molecule has 29 heavy (non-hydrogen) atoms. The Morgan fingerprint density at radius 3 is 2.52 bits per heavy atom. The van der Waals surface area contributed by atoms with Crippen molar-refractivity contribution in [3.8, 4) is 11.5 Å². The fourth-order valence-corrected chi connectivity index (χ4v) is 2.68. The van der Waals surface area contributed by atoms with E-state index in [0.717, 1.165) is 23.1 Å². The van der Waals surface area contributed by atoms with Crippen LogP contribution in [-0.2, 0) is 16.1 Å². The van der Waals surface area contributed by atoms with Gasteiger partial charge in [-0.3, -0.25) is 9.59 Å². The van der Waals surface area contributed by atoms with Crippen molar-refractivity contribution in [1.82, 2.24) is 10.6 Å².